The van der Waals surface area contributed by atoms with Crippen molar-refractivity contribution in [1.82, 2.24) is 89.5 Å². The summed E-state index contributed by atoms with van der Waals surface area (Å²) in [7, 11) is 1.92. The summed E-state index contributed by atoms with van der Waals surface area (Å²) in [5, 5.41) is 29.6. The molecule has 3 N–H and O–H groups in total. The molecule has 5 aromatic carbocycles. The number of rotatable bonds is 17. The lowest BCUT2D eigenvalue weighted by Gasteiger charge is -2.62. The van der Waals surface area contributed by atoms with E-state index in [0.29, 0.717) is 91.6 Å². The third-order valence-corrected chi connectivity index (χ3v) is 28.6. The third kappa shape index (κ3) is 24.6. The van der Waals surface area contributed by atoms with Crippen LogP contribution in [0.25, 0.3) is 78.7 Å². The summed E-state index contributed by atoms with van der Waals surface area (Å²) in [5.74, 6) is 3.50. The predicted octanol–water partition coefficient (Wildman–Crippen LogP) is 24.4. The zero-order valence-corrected chi connectivity index (χ0v) is 85.6. The summed E-state index contributed by atoms with van der Waals surface area (Å²) in [6.07, 6.45) is 24.9. The van der Waals surface area contributed by atoms with Gasteiger partial charge in [-0.05, 0) is 297 Å². The number of halogens is 5. The SMILES string of the molecule is CCc1cccc(-c2c(-c3ccc4nn(C)cc4c3)nsc2NC(=O)[C@@H]2C[C@H]2C)n1.Cc1cc(-c2cccc(Cl)c2)ncc1[C@@H]1CCCN1C(=O)c1nccs1.Cc1cc(Cl)cc(-c2ncc3ccc(C)nc3n2)c1.Cc1cc(F)cc(N2CCCc3oc(-c4ccccn4)nc3C2)c1.Cc1cc(Oc2cc(C#N)cc(Cl)n2)ccn1.Cc1cnc(C(=O)NC23CC4CC(CC(NC(=O)c5cccc(F)c5)(C4)C2)C3)cn1. The summed E-state index contributed by atoms with van der Waals surface area (Å²) in [4.78, 5) is 108. The average Bonchev–Trinajstić information content (AvgIpc) is 1.18. The summed E-state index contributed by atoms with van der Waals surface area (Å²) in [5.41, 5.74) is 18.7. The molecule has 12 aromatic heterocycles. The minimum Gasteiger partial charge on any atom is -0.440 e. The molecule has 740 valence electrons. The second kappa shape index (κ2) is 44.7. The number of nitrogens with one attached hydrogen (secondary N) is 3. The Labute approximate surface area is 866 Å². The van der Waals surface area contributed by atoms with Crippen LogP contribution in [-0.4, -0.2) is 127 Å². The van der Waals surface area contributed by atoms with Gasteiger partial charge in [0.2, 0.25) is 17.7 Å². The van der Waals surface area contributed by atoms with E-state index in [2.05, 4.69) is 114 Å². The number of amides is 4. The van der Waals surface area contributed by atoms with Gasteiger partial charge in [-0.1, -0.05) is 85.0 Å². The number of hydrogen-bond acceptors (Lipinski definition) is 24. The van der Waals surface area contributed by atoms with Gasteiger partial charge in [0.15, 0.2) is 16.5 Å². The zero-order chi connectivity index (χ0) is 102. The van der Waals surface area contributed by atoms with E-state index in [1.807, 2.05) is 184 Å². The van der Waals surface area contributed by atoms with Gasteiger partial charge >= 0.3 is 0 Å². The molecule has 5 aliphatic carbocycles. The van der Waals surface area contributed by atoms with E-state index >= 15 is 0 Å². The van der Waals surface area contributed by atoms with Crippen LogP contribution in [0.2, 0.25) is 15.2 Å². The summed E-state index contributed by atoms with van der Waals surface area (Å²) in [6.45, 7) is 18.1. The van der Waals surface area contributed by atoms with Gasteiger partial charge in [-0.3, -0.25) is 48.8 Å². The number of aromatic nitrogens is 15. The number of nitriles is 1. The van der Waals surface area contributed by atoms with Gasteiger partial charge in [-0.15, -0.1) is 11.3 Å². The first kappa shape index (κ1) is 101. The molecule has 6 fully saturated rings. The van der Waals surface area contributed by atoms with Crippen LogP contribution in [0.1, 0.15) is 177 Å². The van der Waals surface area contributed by atoms with Crippen molar-refractivity contribution >= 4 is 114 Å². The topological polar surface area (TPSA) is 342 Å². The molecule has 24 rings (SSSR count). The molecular formula is C112H104Cl3F2N21O6S2. The van der Waals surface area contributed by atoms with Crippen LogP contribution in [-0.2, 0) is 31.2 Å². The molecule has 4 bridgehead atoms. The number of aryl methyl sites for hydroxylation is 9. The first-order chi connectivity index (χ1) is 70.5. The van der Waals surface area contributed by atoms with E-state index in [4.69, 9.17) is 58.6 Å². The average molecular weight is 2050 g/mol. The number of ether oxygens (including phenoxy) is 1. The van der Waals surface area contributed by atoms with E-state index in [-0.39, 0.29) is 57.6 Å². The minimum atomic E-state index is -0.420. The maximum Gasteiger partial charge on any atom is 0.283 e. The Bertz CT molecular complexity index is 7690. The molecule has 0 spiro atoms. The highest BCUT2D eigenvalue weighted by atomic mass is 35.5. The van der Waals surface area contributed by atoms with Crippen LogP contribution in [0.15, 0.2) is 241 Å². The fourth-order valence-corrected chi connectivity index (χ4v) is 22.1. The lowest BCUT2D eigenvalue weighted by atomic mass is 9.49. The Kier molecular flexibility index (Phi) is 31.0. The Morgan fingerprint density at radius 3 is 2.14 bits per heavy atom. The van der Waals surface area contributed by atoms with Gasteiger partial charge in [0.1, 0.15) is 50.4 Å². The van der Waals surface area contributed by atoms with Crippen molar-refractivity contribution < 1.29 is 37.1 Å². The van der Waals surface area contributed by atoms with Crippen molar-refractivity contribution in [3.63, 3.8) is 0 Å². The molecular weight excluding hydrogens is 1940 g/mol. The number of benzene rings is 5. The van der Waals surface area contributed by atoms with Crippen molar-refractivity contribution in [2.75, 3.05) is 23.3 Å². The number of thiazole rings is 1. The Morgan fingerprint density at radius 2 is 1.42 bits per heavy atom. The summed E-state index contributed by atoms with van der Waals surface area (Å²) in [6, 6.07) is 56.8. The lowest BCUT2D eigenvalue weighted by Crippen LogP contribution is -2.69. The van der Waals surface area contributed by atoms with Crippen molar-refractivity contribution in [2.24, 2.45) is 30.7 Å². The molecule has 7 aliphatic rings. The molecule has 1 saturated heterocycles. The maximum atomic E-state index is 13.7. The summed E-state index contributed by atoms with van der Waals surface area (Å²) < 4.78 is 45.3. The summed E-state index contributed by atoms with van der Waals surface area (Å²) >= 11 is 20.7. The highest BCUT2D eigenvalue weighted by Crippen LogP contribution is 2.58. The van der Waals surface area contributed by atoms with E-state index in [1.165, 1.54) is 53.3 Å². The van der Waals surface area contributed by atoms with E-state index in [9.17, 15) is 28.0 Å². The first-order valence-electron chi connectivity index (χ1n) is 48.3. The third-order valence-electron chi connectivity index (χ3n) is 26.5. The molecule has 4 amide bonds. The number of nitrogens with zero attached hydrogens (tertiary/aromatic N) is 18. The van der Waals surface area contributed by atoms with Crippen LogP contribution < -0.4 is 25.6 Å². The van der Waals surface area contributed by atoms with Crippen molar-refractivity contribution in [1.29, 1.82) is 5.26 Å². The van der Waals surface area contributed by atoms with Gasteiger partial charge in [0.25, 0.3) is 17.7 Å². The molecule has 5 saturated carbocycles. The van der Waals surface area contributed by atoms with Crippen LogP contribution in [0.5, 0.6) is 11.6 Å². The van der Waals surface area contributed by atoms with Gasteiger partial charge < -0.3 is 34.9 Å². The smallest absolute Gasteiger partial charge is 0.283 e. The number of oxazole rings is 1. The van der Waals surface area contributed by atoms with E-state index in [1.54, 1.807) is 67.4 Å². The quantitative estimate of drug-likeness (QED) is 0.0713. The number of hydrogen-bond donors (Lipinski definition) is 3. The second-order valence-corrected chi connectivity index (χ2v) is 40.9. The molecule has 2 unspecified atom stereocenters. The maximum absolute atomic E-state index is 13.7. The molecule has 34 heteroatoms. The number of likely N-dealkylation sites (tertiary alicyclic amines) is 1. The number of carbonyl (C=O) groups excluding carboxylic acids is 4. The number of pyridine rings is 6. The molecule has 2 aliphatic heterocycles. The number of anilines is 2. The number of carbonyl (C=O) groups is 4. The van der Waals surface area contributed by atoms with Crippen LogP contribution in [0.3, 0.4) is 0 Å². The second-order valence-electron chi connectivity index (χ2n) is 38.0. The lowest BCUT2D eigenvalue weighted by molar-refractivity contribution is -0.117. The van der Waals surface area contributed by atoms with E-state index < -0.39 is 5.82 Å². The Hall–Kier alpha value is -14.9. The molecule has 146 heavy (non-hydrogen) atoms. The molecule has 14 heterocycles. The monoisotopic (exact) mass is 2050 g/mol. The first-order valence-corrected chi connectivity index (χ1v) is 51.1. The molecule has 5 atom stereocenters. The van der Waals surface area contributed by atoms with Gasteiger partial charge in [-0.2, -0.15) is 14.7 Å². The molecule has 27 nitrogen and oxygen atoms in total. The van der Waals surface area contributed by atoms with Crippen LogP contribution in [0.4, 0.5) is 19.5 Å². The highest BCUT2D eigenvalue weighted by Gasteiger charge is 2.59. The van der Waals surface area contributed by atoms with Gasteiger partial charge in [-0.25, -0.2) is 43.7 Å². The van der Waals surface area contributed by atoms with E-state index in [0.717, 1.165) is 212 Å². The minimum absolute atomic E-state index is 0.0146. The fraction of sp³-hybridized carbons (Fsp3) is 0.277. The zero-order valence-electron chi connectivity index (χ0n) is 81.7. The van der Waals surface area contributed by atoms with Crippen LogP contribution >= 0.6 is 57.7 Å². The number of fused-ring (bicyclic) bond motifs is 3. The highest BCUT2D eigenvalue weighted by molar-refractivity contribution is 7.11. The fourth-order valence-electron chi connectivity index (χ4n) is 20.0. The predicted molar refractivity (Wildman–Crippen MR) is 564 cm³/mol. The van der Waals surface area contributed by atoms with Crippen molar-refractivity contribution in [3.8, 4) is 74.4 Å². The normalized spacial score (nSPS) is 18.0. The van der Waals surface area contributed by atoms with Gasteiger partial charge in [0.05, 0.1) is 64.3 Å². The van der Waals surface area contributed by atoms with Crippen molar-refractivity contribution in [2.45, 2.75) is 156 Å². The van der Waals surface area contributed by atoms with Crippen LogP contribution in [0, 0.1) is 88.2 Å². The standard InChI is InChI=1S/C23H25FN4O2.C23H23N5OS.C20H18ClN3OS.C19H18FN3O.C15H12ClN3.C12H8ClN3O/c1-14-11-26-19(12-25-14)21(30)28-23-9-15-5-16(10-23)8-22(7-15,13-23)27-20(29)17-3-2-4-18(24)6-17;1-4-16-6-5-7-19(24-16)20-21(14-8-9-18-15(11-14)12-28(3)26-18)27-30-23(20)25-22(29)17-10-13(17)2;1-13-10-17(14-4-2-5-15(21)11-14)23-12-16(13)18-6-3-8-24(18)20(25)19-22-7-9-26-19;1-13-9-14(20)11-15(10-13)23-8-4-6-18-17(12-23)22-19(24-18)16-5-2-3-7-21-16;1-9-5-12(7-13(16)6-9)14-17-8-11-4-3-10(2)18-15(11)19-14;1-8-4-10(2-3-15-8)17-12-6-9(7-14)5-11(13)16-12/h2-4,6,11-12,15-16H,5,7-10,13H2,1H3,(H,27,29)(H,28,30);5-9,11-13,17H,4,10H2,1-3H3,(H,25,29);2,4-5,7,9-12,18H,3,6,8H2,1H3;2-3,5,7,9-11H,4,6,8,12H2,1H3;3-8H,1-2H3;2-6H,1H3/t;13-,17-;18-;;;/m.10.../s1. The Balaban J connectivity index is 0.000000116. The molecule has 17 aromatic rings. The molecule has 0 radical (unpaired) electrons. The van der Waals surface area contributed by atoms with Crippen molar-refractivity contribution in [3.05, 3.63) is 342 Å². The Morgan fingerprint density at radius 1 is 0.630 bits per heavy atom. The van der Waals surface area contributed by atoms with Gasteiger partial charge in [0, 0.05) is 170 Å². The largest absolute Gasteiger partial charge is 0.440 e.